The summed E-state index contributed by atoms with van der Waals surface area (Å²) in [6.45, 7) is 11.1. The van der Waals surface area contributed by atoms with E-state index in [0.29, 0.717) is 12.1 Å². The van der Waals surface area contributed by atoms with Crippen molar-refractivity contribution in [2.24, 2.45) is 0 Å². The summed E-state index contributed by atoms with van der Waals surface area (Å²) in [5, 5.41) is 0. The van der Waals surface area contributed by atoms with Gasteiger partial charge in [-0.25, -0.2) is 4.98 Å². The largest absolute Gasteiger partial charge is 0.377 e. The van der Waals surface area contributed by atoms with Crippen molar-refractivity contribution in [1.29, 1.82) is 0 Å². The predicted molar refractivity (Wildman–Crippen MR) is 82.0 cm³/mol. The van der Waals surface area contributed by atoms with Gasteiger partial charge in [0, 0.05) is 24.8 Å². The van der Waals surface area contributed by atoms with E-state index in [0.717, 1.165) is 56.8 Å². The van der Waals surface area contributed by atoms with Gasteiger partial charge in [-0.15, -0.1) is 0 Å². The third-order valence-corrected chi connectivity index (χ3v) is 4.20. The maximum atomic E-state index is 5.52. The van der Waals surface area contributed by atoms with Gasteiger partial charge in [0.05, 0.1) is 38.5 Å². The van der Waals surface area contributed by atoms with Crippen LogP contribution in [-0.2, 0) is 9.47 Å². The number of ether oxygens (including phenoxy) is 2. The lowest BCUT2D eigenvalue weighted by atomic mass is 10.2. The Hall–Kier alpha value is -1.40. The number of aromatic nitrogens is 2. The summed E-state index contributed by atoms with van der Waals surface area (Å²) >= 11 is 0. The van der Waals surface area contributed by atoms with Crippen LogP contribution >= 0.6 is 0 Å². The Balaban J connectivity index is 1.88. The number of morpholine rings is 2. The first kappa shape index (κ1) is 14.5. The second kappa shape index (κ2) is 6.15. The molecule has 3 heterocycles. The third kappa shape index (κ3) is 2.96. The molecule has 0 saturated carbocycles. The number of hydrogen-bond donors (Lipinski definition) is 0. The van der Waals surface area contributed by atoms with Gasteiger partial charge < -0.3 is 19.3 Å². The van der Waals surface area contributed by atoms with Crippen LogP contribution in [0, 0.1) is 6.92 Å². The second-order valence-electron chi connectivity index (χ2n) is 5.91. The zero-order valence-electron chi connectivity index (χ0n) is 13.1. The van der Waals surface area contributed by atoms with E-state index >= 15 is 0 Å². The molecule has 0 aliphatic carbocycles. The molecule has 116 valence electrons. The smallest absolute Gasteiger partial charge is 0.227 e. The quantitative estimate of drug-likeness (QED) is 0.817. The minimum atomic E-state index is 0.316. The summed E-state index contributed by atoms with van der Waals surface area (Å²) in [6.07, 6.45) is 1.93. The minimum Gasteiger partial charge on any atom is -0.377 e. The van der Waals surface area contributed by atoms with Crippen molar-refractivity contribution in [3.05, 3.63) is 11.8 Å². The van der Waals surface area contributed by atoms with Gasteiger partial charge in [-0.2, -0.15) is 4.98 Å². The van der Waals surface area contributed by atoms with Crippen LogP contribution in [0.15, 0.2) is 6.20 Å². The Bertz CT molecular complexity index is 497. The fraction of sp³-hybridized carbons (Fsp3) is 0.733. The van der Waals surface area contributed by atoms with Crippen LogP contribution in [0.2, 0.25) is 0 Å². The standard InChI is InChI=1S/C15H24N4O2/c1-11-8-16-15(19-5-7-21-10-13(19)3)17-14(11)18-4-6-20-9-12(18)2/h8,12-13H,4-7,9-10H2,1-3H3/t12-,13+/m1/s1. The normalized spacial score (nSPS) is 27.0. The van der Waals surface area contributed by atoms with Gasteiger partial charge in [0.15, 0.2) is 0 Å². The van der Waals surface area contributed by atoms with Gasteiger partial charge in [0.1, 0.15) is 5.82 Å². The highest BCUT2D eigenvalue weighted by molar-refractivity contribution is 5.51. The highest BCUT2D eigenvalue weighted by atomic mass is 16.5. The van der Waals surface area contributed by atoms with Crippen molar-refractivity contribution in [3.63, 3.8) is 0 Å². The van der Waals surface area contributed by atoms with Crippen LogP contribution in [0.3, 0.4) is 0 Å². The van der Waals surface area contributed by atoms with Crippen LogP contribution in [0.25, 0.3) is 0 Å². The van der Waals surface area contributed by atoms with E-state index in [1.165, 1.54) is 0 Å². The molecule has 6 heteroatoms. The Kier molecular flexibility index (Phi) is 4.26. The molecule has 0 unspecified atom stereocenters. The summed E-state index contributed by atoms with van der Waals surface area (Å²) < 4.78 is 11.0. The lowest BCUT2D eigenvalue weighted by molar-refractivity contribution is 0.0971. The fourth-order valence-corrected chi connectivity index (χ4v) is 2.92. The fourth-order valence-electron chi connectivity index (χ4n) is 2.92. The molecule has 0 amide bonds. The monoisotopic (exact) mass is 292 g/mol. The molecule has 0 bridgehead atoms. The summed E-state index contributed by atoms with van der Waals surface area (Å²) in [6, 6.07) is 0.665. The first-order valence-electron chi connectivity index (χ1n) is 7.69. The van der Waals surface area contributed by atoms with Crippen molar-refractivity contribution < 1.29 is 9.47 Å². The Morgan fingerprint density at radius 3 is 2.29 bits per heavy atom. The zero-order valence-corrected chi connectivity index (χ0v) is 13.1. The summed E-state index contributed by atoms with van der Waals surface area (Å²) in [5.41, 5.74) is 1.12. The molecule has 3 rings (SSSR count). The van der Waals surface area contributed by atoms with E-state index in [-0.39, 0.29) is 0 Å². The number of anilines is 2. The maximum absolute atomic E-state index is 5.52. The second-order valence-corrected chi connectivity index (χ2v) is 5.91. The zero-order chi connectivity index (χ0) is 14.8. The van der Waals surface area contributed by atoms with E-state index in [9.17, 15) is 0 Å². The van der Waals surface area contributed by atoms with Gasteiger partial charge in [-0.3, -0.25) is 0 Å². The van der Waals surface area contributed by atoms with Gasteiger partial charge in [-0.1, -0.05) is 0 Å². The van der Waals surface area contributed by atoms with Gasteiger partial charge in [0.25, 0.3) is 0 Å². The van der Waals surface area contributed by atoms with Gasteiger partial charge in [0.2, 0.25) is 5.95 Å². The lowest BCUT2D eigenvalue weighted by Gasteiger charge is -2.37. The SMILES string of the molecule is Cc1cnc(N2CCOC[C@@H]2C)nc1N1CCOC[C@H]1C. The maximum Gasteiger partial charge on any atom is 0.227 e. The average Bonchev–Trinajstić information content (AvgIpc) is 2.49. The van der Waals surface area contributed by atoms with Crippen molar-refractivity contribution >= 4 is 11.8 Å². The number of aryl methyl sites for hydroxylation is 1. The highest BCUT2D eigenvalue weighted by Crippen LogP contribution is 2.24. The van der Waals surface area contributed by atoms with Crippen LogP contribution in [0.5, 0.6) is 0 Å². The summed E-state index contributed by atoms with van der Waals surface area (Å²) in [7, 11) is 0. The minimum absolute atomic E-state index is 0.316. The van der Waals surface area contributed by atoms with Gasteiger partial charge in [-0.05, 0) is 20.8 Å². The first-order valence-corrected chi connectivity index (χ1v) is 7.69. The third-order valence-electron chi connectivity index (χ3n) is 4.20. The van der Waals surface area contributed by atoms with Crippen molar-refractivity contribution in [3.8, 4) is 0 Å². The average molecular weight is 292 g/mol. The molecule has 2 saturated heterocycles. The summed E-state index contributed by atoms with van der Waals surface area (Å²) in [4.78, 5) is 13.9. The molecule has 0 aromatic carbocycles. The van der Waals surface area contributed by atoms with Crippen LogP contribution in [0.1, 0.15) is 19.4 Å². The van der Waals surface area contributed by atoms with Crippen molar-refractivity contribution in [2.75, 3.05) is 49.3 Å². The molecule has 0 spiro atoms. The van der Waals surface area contributed by atoms with E-state index in [1.54, 1.807) is 0 Å². The molecule has 2 aliphatic rings. The van der Waals surface area contributed by atoms with Crippen molar-refractivity contribution in [1.82, 2.24) is 9.97 Å². The summed E-state index contributed by atoms with van der Waals surface area (Å²) in [5.74, 6) is 1.85. The van der Waals surface area contributed by atoms with E-state index in [1.807, 2.05) is 6.20 Å². The molecule has 0 N–H and O–H groups in total. The Morgan fingerprint density at radius 1 is 1.05 bits per heavy atom. The van der Waals surface area contributed by atoms with Crippen molar-refractivity contribution in [2.45, 2.75) is 32.9 Å². The van der Waals surface area contributed by atoms with Gasteiger partial charge >= 0.3 is 0 Å². The number of hydrogen-bond acceptors (Lipinski definition) is 6. The van der Waals surface area contributed by atoms with E-state index in [4.69, 9.17) is 14.5 Å². The van der Waals surface area contributed by atoms with E-state index in [2.05, 4.69) is 35.6 Å². The molecule has 1 aromatic heterocycles. The molecule has 2 atom stereocenters. The van der Waals surface area contributed by atoms with Crippen LogP contribution in [0.4, 0.5) is 11.8 Å². The topological polar surface area (TPSA) is 50.7 Å². The first-order chi connectivity index (χ1) is 10.2. The number of nitrogens with zero attached hydrogens (tertiary/aromatic N) is 4. The predicted octanol–water partition coefficient (Wildman–Crippen LogP) is 1.24. The molecule has 2 aliphatic heterocycles. The molecule has 2 fully saturated rings. The Morgan fingerprint density at radius 2 is 1.67 bits per heavy atom. The Labute approximate surface area is 126 Å². The van der Waals surface area contributed by atoms with Crippen LogP contribution < -0.4 is 9.80 Å². The van der Waals surface area contributed by atoms with Crippen LogP contribution in [-0.4, -0.2) is 61.6 Å². The molecule has 1 aromatic rings. The number of rotatable bonds is 2. The lowest BCUT2D eigenvalue weighted by Crippen LogP contribution is -2.46. The molecule has 21 heavy (non-hydrogen) atoms. The molecular weight excluding hydrogens is 268 g/mol. The molecule has 6 nitrogen and oxygen atoms in total. The van der Waals surface area contributed by atoms with E-state index < -0.39 is 0 Å². The highest BCUT2D eigenvalue weighted by Gasteiger charge is 2.25. The molecular formula is C15H24N4O2. The molecule has 0 radical (unpaired) electrons.